The maximum Gasteiger partial charge on any atom is 0.339 e. The van der Waals surface area contributed by atoms with Crippen LogP contribution >= 0.6 is 0 Å². The molecule has 1 saturated carbocycles. The van der Waals surface area contributed by atoms with E-state index in [-0.39, 0.29) is 16.9 Å². The number of aryl methyl sites for hydroxylation is 1. The van der Waals surface area contributed by atoms with Crippen molar-refractivity contribution in [2.45, 2.75) is 53.0 Å². The Morgan fingerprint density at radius 1 is 1.36 bits per heavy atom. The van der Waals surface area contributed by atoms with Crippen molar-refractivity contribution in [3.05, 3.63) is 23.2 Å². The first-order valence-corrected chi connectivity index (χ1v) is 7.81. The summed E-state index contributed by atoms with van der Waals surface area (Å²) in [6.07, 6.45) is 4.61. The van der Waals surface area contributed by atoms with Crippen LogP contribution in [0.4, 0.5) is 0 Å². The van der Waals surface area contributed by atoms with Crippen LogP contribution in [-0.4, -0.2) is 28.9 Å². The lowest BCUT2D eigenvalue weighted by Gasteiger charge is -2.34. The molecule has 1 aliphatic rings. The SMILES string of the molecule is Cc1oc(CN(C)C(=O)C(C)(C)C2CCCC2)cc1C(=O)O. The lowest BCUT2D eigenvalue weighted by Crippen LogP contribution is -2.41. The van der Waals surface area contributed by atoms with E-state index in [0.29, 0.717) is 24.0 Å². The molecule has 0 aliphatic heterocycles. The van der Waals surface area contributed by atoms with E-state index in [1.807, 2.05) is 13.8 Å². The molecule has 0 saturated heterocycles. The van der Waals surface area contributed by atoms with Crippen molar-refractivity contribution in [2.75, 3.05) is 7.05 Å². The lowest BCUT2D eigenvalue weighted by atomic mass is 9.76. The summed E-state index contributed by atoms with van der Waals surface area (Å²) in [5, 5.41) is 9.05. The van der Waals surface area contributed by atoms with Crippen molar-refractivity contribution in [2.24, 2.45) is 11.3 Å². The second-order valence-electron chi connectivity index (χ2n) is 6.85. The van der Waals surface area contributed by atoms with Gasteiger partial charge in [0.1, 0.15) is 17.1 Å². The Hall–Kier alpha value is -1.78. The third kappa shape index (κ3) is 3.18. The average Bonchev–Trinajstić information content (AvgIpc) is 3.07. The molecule has 0 atom stereocenters. The number of nitrogens with zero attached hydrogens (tertiary/aromatic N) is 1. The van der Waals surface area contributed by atoms with E-state index in [0.717, 1.165) is 12.8 Å². The summed E-state index contributed by atoms with van der Waals surface area (Å²) >= 11 is 0. The maximum atomic E-state index is 12.7. The molecule has 1 N–H and O–H groups in total. The van der Waals surface area contributed by atoms with Gasteiger partial charge in [0.25, 0.3) is 0 Å². The number of hydrogen-bond donors (Lipinski definition) is 1. The Kier molecular flexibility index (Phi) is 4.63. The molecule has 5 heteroatoms. The van der Waals surface area contributed by atoms with Gasteiger partial charge in [-0.3, -0.25) is 4.79 Å². The van der Waals surface area contributed by atoms with Gasteiger partial charge in [-0.1, -0.05) is 26.7 Å². The predicted molar refractivity (Wildman–Crippen MR) is 82.6 cm³/mol. The molecule has 0 bridgehead atoms. The summed E-state index contributed by atoms with van der Waals surface area (Å²) in [4.78, 5) is 25.4. The highest BCUT2D eigenvalue weighted by Gasteiger charge is 2.39. The third-order valence-electron chi connectivity index (χ3n) is 4.87. The van der Waals surface area contributed by atoms with Gasteiger partial charge in [0, 0.05) is 12.5 Å². The molecule has 5 nitrogen and oxygen atoms in total. The number of aromatic carboxylic acids is 1. The Morgan fingerprint density at radius 3 is 2.45 bits per heavy atom. The summed E-state index contributed by atoms with van der Waals surface area (Å²) in [5.41, 5.74) is -0.228. The fraction of sp³-hybridized carbons (Fsp3) is 0.647. The summed E-state index contributed by atoms with van der Waals surface area (Å²) in [6, 6.07) is 1.50. The molecule has 0 spiro atoms. The van der Waals surface area contributed by atoms with Crippen LogP contribution in [0.3, 0.4) is 0 Å². The minimum atomic E-state index is -1.01. The Morgan fingerprint density at radius 2 is 1.95 bits per heavy atom. The van der Waals surface area contributed by atoms with Gasteiger partial charge in [-0.05, 0) is 31.7 Å². The highest BCUT2D eigenvalue weighted by atomic mass is 16.4. The van der Waals surface area contributed by atoms with E-state index < -0.39 is 5.97 Å². The Balaban J connectivity index is 2.07. The zero-order chi connectivity index (χ0) is 16.5. The van der Waals surface area contributed by atoms with Gasteiger partial charge < -0.3 is 14.4 Å². The standard InChI is InChI=1S/C17H25NO4/c1-11-14(15(19)20)9-13(22-11)10-18(4)16(21)17(2,3)12-7-5-6-8-12/h9,12H,5-8,10H2,1-4H3,(H,19,20). The first-order chi connectivity index (χ1) is 10.2. The van der Waals surface area contributed by atoms with Crippen LogP contribution in [0, 0.1) is 18.3 Å². The van der Waals surface area contributed by atoms with Crippen LogP contribution in [0.1, 0.15) is 61.4 Å². The van der Waals surface area contributed by atoms with Gasteiger partial charge in [0.15, 0.2) is 0 Å². The normalized spacial score (nSPS) is 16.0. The van der Waals surface area contributed by atoms with Crippen molar-refractivity contribution in [3.63, 3.8) is 0 Å². The van der Waals surface area contributed by atoms with Crippen LogP contribution in [-0.2, 0) is 11.3 Å². The zero-order valence-electron chi connectivity index (χ0n) is 13.8. The molecule has 1 aromatic rings. The molecule has 22 heavy (non-hydrogen) atoms. The van der Waals surface area contributed by atoms with Gasteiger partial charge in [-0.2, -0.15) is 0 Å². The third-order valence-corrected chi connectivity index (χ3v) is 4.87. The van der Waals surface area contributed by atoms with Crippen molar-refractivity contribution in [1.82, 2.24) is 4.90 Å². The first kappa shape index (κ1) is 16.6. The van der Waals surface area contributed by atoms with Crippen LogP contribution in [0.5, 0.6) is 0 Å². The number of carbonyl (C=O) groups excluding carboxylic acids is 1. The Labute approximate surface area is 131 Å². The molecule has 1 aliphatic carbocycles. The number of carbonyl (C=O) groups is 2. The van der Waals surface area contributed by atoms with E-state index >= 15 is 0 Å². The molecule has 2 rings (SSSR count). The number of hydrogen-bond acceptors (Lipinski definition) is 3. The van der Waals surface area contributed by atoms with Gasteiger partial charge >= 0.3 is 5.97 Å². The van der Waals surface area contributed by atoms with E-state index in [4.69, 9.17) is 9.52 Å². The number of amides is 1. The summed E-state index contributed by atoms with van der Waals surface area (Å²) in [5.74, 6) is 0.389. The van der Waals surface area contributed by atoms with Crippen LogP contribution in [0.25, 0.3) is 0 Å². The summed E-state index contributed by atoms with van der Waals surface area (Å²) in [6.45, 7) is 5.94. The van der Waals surface area contributed by atoms with Gasteiger partial charge in [0.2, 0.25) is 5.91 Å². The molecule has 0 aromatic carbocycles. The summed E-state index contributed by atoms with van der Waals surface area (Å²) < 4.78 is 5.46. The molecule has 1 amide bonds. The van der Waals surface area contributed by atoms with Gasteiger partial charge in [-0.15, -0.1) is 0 Å². The quantitative estimate of drug-likeness (QED) is 0.904. The van der Waals surface area contributed by atoms with Crippen molar-refractivity contribution in [3.8, 4) is 0 Å². The monoisotopic (exact) mass is 307 g/mol. The van der Waals surface area contributed by atoms with E-state index in [1.165, 1.54) is 18.9 Å². The molecule has 1 heterocycles. The average molecular weight is 307 g/mol. The van der Waals surface area contributed by atoms with Gasteiger partial charge in [-0.25, -0.2) is 4.79 Å². The smallest absolute Gasteiger partial charge is 0.339 e. The van der Waals surface area contributed by atoms with Gasteiger partial charge in [0.05, 0.1) is 6.54 Å². The molecular weight excluding hydrogens is 282 g/mol. The Bertz CT molecular complexity index is 567. The van der Waals surface area contributed by atoms with Crippen molar-refractivity contribution < 1.29 is 19.1 Å². The maximum absolute atomic E-state index is 12.7. The molecule has 1 fully saturated rings. The topological polar surface area (TPSA) is 70.8 Å². The molecule has 0 unspecified atom stereocenters. The zero-order valence-corrected chi connectivity index (χ0v) is 13.8. The molecule has 0 radical (unpaired) electrons. The highest BCUT2D eigenvalue weighted by Crippen LogP contribution is 2.40. The van der Waals surface area contributed by atoms with Crippen molar-refractivity contribution in [1.29, 1.82) is 0 Å². The largest absolute Gasteiger partial charge is 0.478 e. The van der Waals surface area contributed by atoms with Crippen LogP contribution in [0.2, 0.25) is 0 Å². The van der Waals surface area contributed by atoms with E-state index in [1.54, 1.807) is 18.9 Å². The molecular formula is C17H25NO4. The van der Waals surface area contributed by atoms with Crippen LogP contribution in [0.15, 0.2) is 10.5 Å². The predicted octanol–water partition coefficient (Wildman–Crippen LogP) is 3.46. The van der Waals surface area contributed by atoms with E-state index in [9.17, 15) is 9.59 Å². The second-order valence-corrected chi connectivity index (χ2v) is 6.85. The summed E-state index contributed by atoms with van der Waals surface area (Å²) in [7, 11) is 1.75. The minimum absolute atomic E-state index is 0.0883. The second kappa shape index (κ2) is 6.15. The fourth-order valence-corrected chi connectivity index (χ4v) is 3.45. The molecule has 1 aromatic heterocycles. The van der Waals surface area contributed by atoms with Crippen LogP contribution < -0.4 is 0 Å². The van der Waals surface area contributed by atoms with Crippen molar-refractivity contribution >= 4 is 11.9 Å². The number of furan rings is 1. The lowest BCUT2D eigenvalue weighted by molar-refractivity contribution is -0.142. The first-order valence-electron chi connectivity index (χ1n) is 7.81. The fourth-order valence-electron chi connectivity index (χ4n) is 3.45. The number of carboxylic acid groups (broad SMARTS) is 1. The number of carboxylic acids is 1. The molecule has 122 valence electrons. The highest BCUT2D eigenvalue weighted by molar-refractivity contribution is 5.88. The minimum Gasteiger partial charge on any atom is -0.478 e. The number of rotatable bonds is 5. The van der Waals surface area contributed by atoms with E-state index in [2.05, 4.69) is 0 Å².